The van der Waals surface area contributed by atoms with Crippen LogP contribution >= 0.6 is 0 Å². The van der Waals surface area contributed by atoms with Gasteiger partial charge in [-0.2, -0.15) is 5.10 Å². The maximum Gasteiger partial charge on any atom is 0.252 e. The summed E-state index contributed by atoms with van der Waals surface area (Å²) in [6, 6.07) is 16.9. The third-order valence-corrected chi connectivity index (χ3v) is 5.30. The monoisotopic (exact) mass is 459 g/mol. The summed E-state index contributed by atoms with van der Waals surface area (Å²) in [7, 11) is 0. The summed E-state index contributed by atoms with van der Waals surface area (Å²) < 4.78 is 13.3. The first-order chi connectivity index (χ1) is 16.5. The van der Waals surface area contributed by atoms with Crippen LogP contribution in [0, 0.1) is 5.82 Å². The Balaban J connectivity index is 1.68. The van der Waals surface area contributed by atoms with Crippen molar-refractivity contribution >= 4 is 11.8 Å². The number of primary amides is 1. The molecule has 0 aliphatic rings. The average Bonchev–Trinajstić information content (AvgIpc) is 3.34. The number of aliphatic hydroxyl groups is 1. The maximum absolute atomic E-state index is 13.3. The lowest BCUT2D eigenvalue weighted by molar-refractivity contribution is 0.0917. The molecule has 0 radical (unpaired) electrons. The number of amides is 2. The maximum atomic E-state index is 13.3. The molecule has 0 aliphatic heterocycles. The van der Waals surface area contributed by atoms with Crippen LogP contribution in [0.15, 0.2) is 72.9 Å². The van der Waals surface area contributed by atoms with Gasteiger partial charge in [-0.15, -0.1) is 0 Å². The molecular formula is C25H22FN5O3. The number of carbonyl (C=O) groups is 2. The molecule has 8 nitrogen and oxygen atoms in total. The molecule has 172 valence electrons. The number of hydrogen-bond donors (Lipinski definition) is 4. The van der Waals surface area contributed by atoms with Gasteiger partial charge in [0.05, 0.1) is 24.0 Å². The lowest BCUT2D eigenvalue weighted by atomic mass is 9.96. The summed E-state index contributed by atoms with van der Waals surface area (Å²) in [4.78, 5) is 29.6. The third-order valence-electron chi connectivity index (χ3n) is 5.30. The number of nitrogens with one attached hydrogen (secondary N) is 2. The fourth-order valence-corrected chi connectivity index (χ4v) is 3.65. The molecule has 2 aromatic heterocycles. The van der Waals surface area contributed by atoms with Gasteiger partial charge in [0.2, 0.25) is 5.91 Å². The molecule has 0 spiro atoms. The van der Waals surface area contributed by atoms with E-state index in [4.69, 9.17) is 5.73 Å². The Labute approximate surface area is 194 Å². The van der Waals surface area contributed by atoms with Crippen molar-refractivity contribution in [1.29, 1.82) is 0 Å². The van der Waals surface area contributed by atoms with Crippen LogP contribution in [0.5, 0.6) is 0 Å². The van der Waals surface area contributed by atoms with Gasteiger partial charge in [-0.1, -0.05) is 12.1 Å². The quantitative estimate of drug-likeness (QED) is 0.321. The van der Waals surface area contributed by atoms with Crippen molar-refractivity contribution in [3.8, 4) is 22.5 Å². The minimum Gasteiger partial charge on any atom is -0.394 e. The van der Waals surface area contributed by atoms with E-state index in [1.165, 1.54) is 18.2 Å². The van der Waals surface area contributed by atoms with Crippen LogP contribution in [0.25, 0.3) is 22.5 Å². The van der Waals surface area contributed by atoms with E-state index >= 15 is 0 Å². The number of rotatable bonds is 8. The molecule has 2 aromatic carbocycles. The molecule has 2 heterocycles. The highest BCUT2D eigenvalue weighted by molar-refractivity contribution is 6.08. The van der Waals surface area contributed by atoms with E-state index < -0.39 is 17.9 Å². The highest BCUT2D eigenvalue weighted by atomic mass is 19.1. The first-order valence-electron chi connectivity index (χ1n) is 10.5. The van der Waals surface area contributed by atoms with Crippen molar-refractivity contribution in [3.05, 3.63) is 95.6 Å². The largest absolute Gasteiger partial charge is 0.394 e. The van der Waals surface area contributed by atoms with Gasteiger partial charge >= 0.3 is 0 Å². The highest BCUT2D eigenvalue weighted by Gasteiger charge is 2.23. The zero-order valence-corrected chi connectivity index (χ0v) is 18.0. The number of benzene rings is 2. The molecule has 34 heavy (non-hydrogen) atoms. The molecule has 0 unspecified atom stereocenters. The molecule has 9 heteroatoms. The van der Waals surface area contributed by atoms with E-state index in [2.05, 4.69) is 20.5 Å². The molecule has 0 bridgehead atoms. The highest BCUT2D eigenvalue weighted by Crippen LogP contribution is 2.30. The van der Waals surface area contributed by atoms with Gasteiger partial charge in [-0.25, -0.2) is 4.39 Å². The van der Waals surface area contributed by atoms with Crippen molar-refractivity contribution in [2.75, 3.05) is 6.61 Å². The molecular weight excluding hydrogens is 437 g/mol. The van der Waals surface area contributed by atoms with Crippen molar-refractivity contribution in [1.82, 2.24) is 20.5 Å². The molecule has 4 rings (SSSR count). The van der Waals surface area contributed by atoms with E-state index in [1.807, 2.05) is 6.07 Å². The SMILES string of the molecule is NC(=O)c1cccc(C(=O)N[C@@H](CO)Cc2ccccn2)c1-c1cc(-c2ccc(F)cc2)n[nH]1. The number of aromatic amines is 1. The van der Waals surface area contributed by atoms with Gasteiger partial charge < -0.3 is 16.2 Å². The zero-order chi connectivity index (χ0) is 24.1. The second-order valence-corrected chi connectivity index (χ2v) is 7.64. The van der Waals surface area contributed by atoms with Crippen LogP contribution in [0.4, 0.5) is 4.39 Å². The van der Waals surface area contributed by atoms with Crippen molar-refractivity contribution < 1.29 is 19.1 Å². The van der Waals surface area contributed by atoms with Crippen LogP contribution < -0.4 is 11.1 Å². The van der Waals surface area contributed by atoms with Gasteiger partial charge in [0.15, 0.2) is 0 Å². The summed E-state index contributed by atoms with van der Waals surface area (Å²) >= 11 is 0. The fourth-order valence-electron chi connectivity index (χ4n) is 3.65. The normalized spacial score (nSPS) is 11.7. The van der Waals surface area contributed by atoms with Gasteiger partial charge in [0, 0.05) is 40.6 Å². The van der Waals surface area contributed by atoms with Gasteiger partial charge in [-0.05, 0) is 54.6 Å². The zero-order valence-electron chi connectivity index (χ0n) is 18.0. The Bertz CT molecular complexity index is 1310. The summed E-state index contributed by atoms with van der Waals surface area (Å²) in [5.74, 6) is -1.58. The van der Waals surface area contributed by atoms with E-state index in [1.54, 1.807) is 48.7 Å². The van der Waals surface area contributed by atoms with Gasteiger partial charge in [0.1, 0.15) is 5.82 Å². The van der Waals surface area contributed by atoms with Crippen LogP contribution in [0.3, 0.4) is 0 Å². The van der Waals surface area contributed by atoms with Crippen LogP contribution in [-0.4, -0.2) is 44.8 Å². The molecule has 0 saturated carbocycles. The number of aromatic nitrogens is 3. The lowest BCUT2D eigenvalue weighted by Gasteiger charge is -2.18. The van der Waals surface area contributed by atoms with Crippen LogP contribution in [-0.2, 0) is 6.42 Å². The van der Waals surface area contributed by atoms with Crippen LogP contribution in [0.2, 0.25) is 0 Å². The molecule has 2 amide bonds. The number of hydrogen-bond acceptors (Lipinski definition) is 5. The number of H-pyrrole nitrogens is 1. The predicted molar refractivity (Wildman–Crippen MR) is 124 cm³/mol. The predicted octanol–water partition coefficient (Wildman–Crippen LogP) is 2.71. The number of pyridine rings is 1. The second kappa shape index (κ2) is 10.1. The first-order valence-corrected chi connectivity index (χ1v) is 10.5. The Morgan fingerprint density at radius 3 is 2.50 bits per heavy atom. The summed E-state index contributed by atoms with van der Waals surface area (Å²) in [5.41, 5.74) is 8.45. The van der Waals surface area contributed by atoms with E-state index in [-0.39, 0.29) is 29.1 Å². The smallest absolute Gasteiger partial charge is 0.252 e. The van der Waals surface area contributed by atoms with E-state index in [0.29, 0.717) is 29.1 Å². The summed E-state index contributed by atoms with van der Waals surface area (Å²) in [6.45, 7) is -0.300. The Hall–Kier alpha value is -4.37. The van der Waals surface area contributed by atoms with Gasteiger partial charge in [0.25, 0.3) is 5.91 Å². The molecule has 0 saturated heterocycles. The van der Waals surface area contributed by atoms with Crippen molar-refractivity contribution in [3.63, 3.8) is 0 Å². The van der Waals surface area contributed by atoms with Crippen molar-refractivity contribution in [2.45, 2.75) is 12.5 Å². The third kappa shape index (κ3) is 5.00. The second-order valence-electron chi connectivity index (χ2n) is 7.64. The number of aliphatic hydroxyl groups excluding tert-OH is 1. The average molecular weight is 459 g/mol. The van der Waals surface area contributed by atoms with E-state index in [9.17, 15) is 19.1 Å². The number of halogens is 1. The molecule has 1 atom stereocenters. The Morgan fingerprint density at radius 2 is 1.82 bits per heavy atom. The Kier molecular flexibility index (Phi) is 6.74. The van der Waals surface area contributed by atoms with E-state index in [0.717, 1.165) is 0 Å². The molecule has 0 aliphatic carbocycles. The topological polar surface area (TPSA) is 134 Å². The van der Waals surface area contributed by atoms with Gasteiger partial charge in [-0.3, -0.25) is 19.7 Å². The first kappa shape index (κ1) is 22.8. The minimum absolute atomic E-state index is 0.132. The Morgan fingerprint density at radius 1 is 1.06 bits per heavy atom. The number of nitrogens with two attached hydrogens (primary N) is 1. The minimum atomic E-state index is -0.713. The molecule has 4 aromatic rings. The molecule has 5 N–H and O–H groups in total. The number of nitrogens with zero attached hydrogens (tertiary/aromatic N) is 2. The fraction of sp³-hybridized carbons (Fsp3) is 0.120. The number of carbonyl (C=O) groups excluding carboxylic acids is 2. The summed E-state index contributed by atoms with van der Waals surface area (Å²) in [5, 5.41) is 19.7. The lowest BCUT2D eigenvalue weighted by Crippen LogP contribution is -2.39. The summed E-state index contributed by atoms with van der Waals surface area (Å²) in [6.07, 6.45) is 1.96. The van der Waals surface area contributed by atoms with Crippen molar-refractivity contribution in [2.24, 2.45) is 5.73 Å². The standard InChI is InChI=1S/C25H22FN5O3/c26-16-9-7-15(8-10-16)21-13-22(31-30-21)23-19(24(27)33)5-3-6-20(23)25(34)29-18(14-32)12-17-4-1-2-11-28-17/h1-11,13,18,32H,12,14H2,(H2,27,33)(H,29,34)(H,30,31)/t18-/m1/s1. The molecule has 0 fully saturated rings. The van der Waals surface area contributed by atoms with Crippen LogP contribution in [0.1, 0.15) is 26.4 Å².